The Kier molecular flexibility index (Phi) is 1.86. The van der Waals surface area contributed by atoms with Gasteiger partial charge in [-0.3, -0.25) is 0 Å². The van der Waals surface area contributed by atoms with Gasteiger partial charge in [-0.25, -0.2) is 0 Å². The molecule has 4 heteroatoms. The van der Waals surface area contributed by atoms with Crippen molar-refractivity contribution in [3.63, 3.8) is 0 Å². The fourth-order valence-corrected chi connectivity index (χ4v) is 1.22. The topological polar surface area (TPSA) is 58.9 Å². The standard InChI is InChI=1S/C9H10O4/c10-5-9(6-11)12-7-3-1-2-4-8(7)13-9/h1-4,10-11H,5-6H2. The fraction of sp³-hybridized carbons (Fsp3) is 0.333. The van der Waals surface area contributed by atoms with Gasteiger partial charge < -0.3 is 19.7 Å². The Balaban J connectivity index is 2.30. The van der Waals surface area contributed by atoms with Gasteiger partial charge >= 0.3 is 0 Å². The number of hydrogen-bond donors (Lipinski definition) is 2. The molecular formula is C9H10O4. The summed E-state index contributed by atoms with van der Waals surface area (Å²) in [6.07, 6.45) is 0. The third-order valence-corrected chi connectivity index (χ3v) is 1.92. The van der Waals surface area contributed by atoms with Crippen molar-refractivity contribution in [2.45, 2.75) is 5.79 Å². The molecule has 2 N–H and O–H groups in total. The molecule has 0 saturated carbocycles. The Bertz CT molecular complexity index is 279. The van der Waals surface area contributed by atoms with Crippen molar-refractivity contribution < 1.29 is 19.7 Å². The lowest BCUT2D eigenvalue weighted by Crippen LogP contribution is -2.46. The molecule has 1 aliphatic rings. The largest absolute Gasteiger partial charge is 0.444 e. The molecule has 1 aromatic rings. The average molecular weight is 182 g/mol. The SMILES string of the molecule is OCC1(CO)Oc2ccccc2O1. The predicted octanol–water partition coefficient (Wildman–Crippen LogP) is 0.139. The molecule has 0 spiro atoms. The van der Waals surface area contributed by atoms with Crippen LogP contribution in [0.2, 0.25) is 0 Å². The summed E-state index contributed by atoms with van der Waals surface area (Å²) in [5.74, 6) is -0.208. The molecule has 1 heterocycles. The molecule has 0 aliphatic carbocycles. The molecule has 1 aliphatic heterocycles. The molecule has 0 saturated heterocycles. The van der Waals surface area contributed by atoms with Gasteiger partial charge in [0.05, 0.1) is 0 Å². The number of hydrogen-bond acceptors (Lipinski definition) is 4. The molecule has 4 nitrogen and oxygen atoms in total. The first-order valence-corrected chi connectivity index (χ1v) is 3.98. The second-order valence-corrected chi connectivity index (χ2v) is 2.88. The monoisotopic (exact) mass is 182 g/mol. The first-order chi connectivity index (χ1) is 6.29. The molecule has 0 bridgehead atoms. The van der Waals surface area contributed by atoms with E-state index in [0.717, 1.165) is 0 Å². The van der Waals surface area contributed by atoms with E-state index >= 15 is 0 Å². The molecule has 0 amide bonds. The van der Waals surface area contributed by atoms with E-state index in [0.29, 0.717) is 11.5 Å². The van der Waals surface area contributed by atoms with Crippen LogP contribution >= 0.6 is 0 Å². The van der Waals surface area contributed by atoms with Crippen LogP contribution in [0, 0.1) is 0 Å². The molecule has 0 unspecified atom stereocenters. The molecule has 0 aromatic heterocycles. The summed E-state index contributed by atoms with van der Waals surface area (Å²) >= 11 is 0. The summed E-state index contributed by atoms with van der Waals surface area (Å²) in [4.78, 5) is 0. The number of benzene rings is 1. The van der Waals surface area contributed by atoms with Gasteiger partial charge in [0, 0.05) is 0 Å². The van der Waals surface area contributed by atoms with Gasteiger partial charge in [0.2, 0.25) is 0 Å². The summed E-state index contributed by atoms with van der Waals surface area (Å²) < 4.78 is 10.5. The number of rotatable bonds is 2. The molecule has 70 valence electrons. The van der Waals surface area contributed by atoms with Crippen LogP contribution in [0.5, 0.6) is 11.5 Å². The first kappa shape index (κ1) is 8.34. The minimum Gasteiger partial charge on any atom is -0.444 e. The molecular weight excluding hydrogens is 172 g/mol. The molecule has 0 fully saturated rings. The third kappa shape index (κ3) is 1.24. The predicted molar refractivity (Wildman–Crippen MR) is 44.6 cm³/mol. The van der Waals surface area contributed by atoms with Gasteiger partial charge in [0.1, 0.15) is 13.2 Å². The average Bonchev–Trinajstić information content (AvgIpc) is 2.57. The quantitative estimate of drug-likeness (QED) is 0.683. The fourth-order valence-electron chi connectivity index (χ4n) is 1.22. The second-order valence-electron chi connectivity index (χ2n) is 2.88. The maximum absolute atomic E-state index is 8.98. The minimum absolute atomic E-state index is 0.377. The highest BCUT2D eigenvalue weighted by Gasteiger charge is 2.40. The molecule has 0 radical (unpaired) electrons. The van der Waals surface area contributed by atoms with Crippen molar-refractivity contribution in [3.8, 4) is 11.5 Å². The van der Waals surface area contributed by atoms with E-state index in [2.05, 4.69) is 0 Å². The number of aliphatic hydroxyl groups excluding tert-OH is 2. The lowest BCUT2D eigenvalue weighted by molar-refractivity contribution is -0.143. The van der Waals surface area contributed by atoms with Gasteiger partial charge in [-0.05, 0) is 12.1 Å². The number of ether oxygens (including phenoxy) is 2. The van der Waals surface area contributed by atoms with E-state index in [4.69, 9.17) is 19.7 Å². The Morgan fingerprint density at radius 2 is 1.46 bits per heavy atom. The highest BCUT2D eigenvalue weighted by atomic mass is 16.7. The second kappa shape index (κ2) is 2.90. The summed E-state index contributed by atoms with van der Waals surface area (Å²) in [5.41, 5.74) is 0. The normalized spacial score (nSPS) is 17.4. The summed E-state index contributed by atoms with van der Waals surface area (Å²) in [5, 5.41) is 18.0. The summed E-state index contributed by atoms with van der Waals surface area (Å²) in [6, 6.07) is 7.05. The van der Waals surface area contributed by atoms with Gasteiger partial charge in [-0.2, -0.15) is 0 Å². The highest BCUT2D eigenvalue weighted by Crippen LogP contribution is 2.38. The van der Waals surface area contributed by atoms with Crippen molar-refractivity contribution in [1.29, 1.82) is 0 Å². The molecule has 0 atom stereocenters. The van der Waals surface area contributed by atoms with Crippen molar-refractivity contribution in [3.05, 3.63) is 24.3 Å². The van der Waals surface area contributed by atoms with E-state index in [1.165, 1.54) is 0 Å². The molecule has 13 heavy (non-hydrogen) atoms. The van der Waals surface area contributed by atoms with Crippen molar-refractivity contribution in [2.75, 3.05) is 13.2 Å². The summed E-state index contributed by atoms with van der Waals surface area (Å²) in [6.45, 7) is -0.754. The van der Waals surface area contributed by atoms with Crippen LogP contribution in [-0.2, 0) is 0 Å². The summed E-state index contributed by atoms with van der Waals surface area (Å²) in [7, 11) is 0. The Morgan fingerprint density at radius 1 is 1.00 bits per heavy atom. The maximum Gasteiger partial charge on any atom is 0.297 e. The van der Waals surface area contributed by atoms with Gasteiger partial charge in [0.15, 0.2) is 11.5 Å². The van der Waals surface area contributed by atoms with E-state index < -0.39 is 5.79 Å². The molecule has 1 aromatic carbocycles. The van der Waals surface area contributed by atoms with Crippen LogP contribution in [0.15, 0.2) is 24.3 Å². The first-order valence-electron chi connectivity index (χ1n) is 3.98. The Hall–Kier alpha value is -1.26. The van der Waals surface area contributed by atoms with Crippen LogP contribution in [0.3, 0.4) is 0 Å². The minimum atomic E-state index is -1.30. The number of fused-ring (bicyclic) bond motifs is 1. The zero-order valence-electron chi connectivity index (χ0n) is 6.93. The lowest BCUT2D eigenvalue weighted by Gasteiger charge is -2.22. The Morgan fingerprint density at radius 3 is 1.85 bits per heavy atom. The smallest absolute Gasteiger partial charge is 0.297 e. The van der Waals surface area contributed by atoms with E-state index in [-0.39, 0.29) is 13.2 Å². The van der Waals surface area contributed by atoms with E-state index in [1.54, 1.807) is 24.3 Å². The zero-order chi connectivity index (χ0) is 9.31. The van der Waals surface area contributed by atoms with Crippen LogP contribution in [-0.4, -0.2) is 29.2 Å². The van der Waals surface area contributed by atoms with Crippen molar-refractivity contribution >= 4 is 0 Å². The van der Waals surface area contributed by atoms with Crippen LogP contribution in [0.25, 0.3) is 0 Å². The van der Waals surface area contributed by atoms with E-state index in [9.17, 15) is 0 Å². The van der Waals surface area contributed by atoms with Crippen LogP contribution in [0.1, 0.15) is 0 Å². The van der Waals surface area contributed by atoms with Crippen molar-refractivity contribution in [1.82, 2.24) is 0 Å². The van der Waals surface area contributed by atoms with Crippen molar-refractivity contribution in [2.24, 2.45) is 0 Å². The molecule has 2 rings (SSSR count). The zero-order valence-corrected chi connectivity index (χ0v) is 6.93. The Labute approximate surface area is 75.3 Å². The number of para-hydroxylation sites is 2. The van der Waals surface area contributed by atoms with E-state index in [1.807, 2.05) is 0 Å². The van der Waals surface area contributed by atoms with Gasteiger partial charge in [-0.1, -0.05) is 12.1 Å². The van der Waals surface area contributed by atoms with Crippen LogP contribution < -0.4 is 9.47 Å². The van der Waals surface area contributed by atoms with Crippen LogP contribution in [0.4, 0.5) is 0 Å². The maximum atomic E-state index is 8.98. The van der Waals surface area contributed by atoms with Gasteiger partial charge in [0.25, 0.3) is 5.79 Å². The number of aliphatic hydroxyl groups is 2. The van der Waals surface area contributed by atoms with Gasteiger partial charge in [-0.15, -0.1) is 0 Å². The lowest BCUT2D eigenvalue weighted by atomic mass is 10.3. The highest BCUT2D eigenvalue weighted by molar-refractivity contribution is 5.42. The third-order valence-electron chi connectivity index (χ3n) is 1.92.